The second-order valence-electron chi connectivity index (χ2n) is 2.45. The van der Waals surface area contributed by atoms with Crippen LogP contribution in [0.4, 0.5) is 0 Å². The van der Waals surface area contributed by atoms with Crippen LogP contribution in [-0.4, -0.2) is 68.2 Å². The third kappa shape index (κ3) is 3.32. The van der Waals surface area contributed by atoms with Crippen LogP contribution in [0.1, 0.15) is 0 Å². The first-order valence-electron chi connectivity index (χ1n) is 3.26. The summed E-state index contributed by atoms with van der Waals surface area (Å²) in [6, 6.07) is 0. The SMILES string of the molecule is C(OCC1CO1)C1CO1.[NaH]. The Morgan fingerprint density at radius 3 is 1.80 bits per heavy atom. The van der Waals surface area contributed by atoms with Crippen molar-refractivity contribution in [2.24, 2.45) is 0 Å². The average molecular weight is 154 g/mol. The minimum atomic E-state index is 0. The van der Waals surface area contributed by atoms with Gasteiger partial charge in [0.2, 0.25) is 0 Å². The molecule has 0 radical (unpaired) electrons. The molecular weight excluding hydrogens is 143 g/mol. The maximum atomic E-state index is 5.23. The summed E-state index contributed by atoms with van der Waals surface area (Å²) in [6.45, 7) is 3.26. The fraction of sp³-hybridized carbons (Fsp3) is 1.00. The summed E-state index contributed by atoms with van der Waals surface area (Å²) in [5.41, 5.74) is 0. The van der Waals surface area contributed by atoms with Gasteiger partial charge in [-0.05, 0) is 0 Å². The van der Waals surface area contributed by atoms with Gasteiger partial charge in [-0.3, -0.25) is 0 Å². The summed E-state index contributed by atoms with van der Waals surface area (Å²) >= 11 is 0. The third-order valence-electron chi connectivity index (χ3n) is 1.41. The fourth-order valence-electron chi connectivity index (χ4n) is 0.659. The van der Waals surface area contributed by atoms with E-state index in [1.54, 1.807) is 0 Å². The van der Waals surface area contributed by atoms with E-state index >= 15 is 0 Å². The molecule has 2 saturated heterocycles. The van der Waals surface area contributed by atoms with Crippen LogP contribution in [0.15, 0.2) is 0 Å². The molecule has 2 aliphatic rings. The van der Waals surface area contributed by atoms with Crippen molar-refractivity contribution in [1.82, 2.24) is 0 Å². The monoisotopic (exact) mass is 154 g/mol. The van der Waals surface area contributed by atoms with Crippen molar-refractivity contribution in [3.05, 3.63) is 0 Å². The zero-order valence-electron chi connectivity index (χ0n) is 5.21. The molecule has 0 bridgehead atoms. The third-order valence-corrected chi connectivity index (χ3v) is 1.41. The molecule has 54 valence electrons. The predicted octanol–water partition coefficient (Wildman–Crippen LogP) is -0.848. The van der Waals surface area contributed by atoms with Gasteiger partial charge in [-0.2, -0.15) is 0 Å². The van der Waals surface area contributed by atoms with E-state index in [2.05, 4.69) is 0 Å². The molecule has 4 heteroatoms. The molecule has 2 fully saturated rings. The number of hydrogen-bond acceptors (Lipinski definition) is 3. The van der Waals surface area contributed by atoms with E-state index in [9.17, 15) is 0 Å². The van der Waals surface area contributed by atoms with Crippen LogP contribution in [0, 0.1) is 0 Å². The Bertz CT molecular complexity index is 89.2. The first-order chi connectivity index (χ1) is 4.45. The summed E-state index contributed by atoms with van der Waals surface area (Å²) in [5, 5.41) is 0. The Kier molecular flexibility index (Phi) is 3.63. The Morgan fingerprint density at radius 1 is 1.10 bits per heavy atom. The summed E-state index contributed by atoms with van der Waals surface area (Å²) in [4.78, 5) is 0. The fourth-order valence-corrected chi connectivity index (χ4v) is 0.659. The molecule has 0 aromatic carbocycles. The molecule has 2 aliphatic heterocycles. The second-order valence-corrected chi connectivity index (χ2v) is 2.45. The van der Waals surface area contributed by atoms with Crippen LogP contribution in [-0.2, 0) is 14.2 Å². The number of ether oxygens (including phenoxy) is 3. The zero-order chi connectivity index (χ0) is 6.10. The van der Waals surface area contributed by atoms with Crippen molar-refractivity contribution in [2.45, 2.75) is 12.2 Å². The molecule has 0 aromatic rings. The van der Waals surface area contributed by atoms with E-state index in [4.69, 9.17) is 14.2 Å². The van der Waals surface area contributed by atoms with Crippen LogP contribution in [0.25, 0.3) is 0 Å². The van der Waals surface area contributed by atoms with Crippen LogP contribution < -0.4 is 0 Å². The summed E-state index contributed by atoms with van der Waals surface area (Å²) < 4.78 is 15.1. The van der Waals surface area contributed by atoms with E-state index in [-0.39, 0.29) is 29.6 Å². The Morgan fingerprint density at radius 2 is 1.50 bits per heavy atom. The minimum absolute atomic E-state index is 0. The average Bonchev–Trinajstić information content (AvgIpc) is 2.57. The molecule has 0 N–H and O–H groups in total. The Labute approximate surface area is 82.3 Å². The zero-order valence-corrected chi connectivity index (χ0v) is 5.21. The van der Waals surface area contributed by atoms with Gasteiger partial charge in [0.05, 0.1) is 26.4 Å². The van der Waals surface area contributed by atoms with E-state index in [1.807, 2.05) is 0 Å². The van der Waals surface area contributed by atoms with Crippen LogP contribution in [0.5, 0.6) is 0 Å². The number of rotatable bonds is 4. The topological polar surface area (TPSA) is 34.3 Å². The number of epoxide rings is 2. The van der Waals surface area contributed by atoms with Gasteiger partial charge in [-0.15, -0.1) is 0 Å². The van der Waals surface area contributed by atoms with E-state index in [1.165, 1.54) is 0 Å². The summed E-state index contributed by atoms with van der Waals surface area (Å²) in [5.74, 6) is 0. The normalized spacial score (nSPS) is 34.8. The summed E-state index contributed by atoms with van der Waals surface area (Å²) in [6.07, 6.45) is 0.785. The summed E-state index contributed by atoms with van der Waals surface area (Å²) in [7, 11) is 0. The van der Waals surface area contributed by atoms with Crippen molar-refractivity contribution >= 4 is 29.6 Å². The molecule has 0 saturated carbocycles. The molecule has 2 atom stereocenters. The number of hydrogen-bond donors (Lipinski definition) is 0. The van der Waals surface area contributed by atoms with Crippen molar-refractivity contribution in [3.63, 3.8) is 0 Å². The van der Waals surface area contributed by atoms with Crippen molar-refractivity contribution in [1.29, 1.82) is 0 Å². The molecule has 3 nitrogen and oxygen atoms in total. The van der Waals surface area contributed by atoms with Gasteiger partial charge < -0.3 is 14.2 Å². The molecule has 0 aliphatic carbocycles. The molecule has 0 amide bonds. The first-order valence-corrected chi connectivity index (χ1v) is 3.26. The van der Waals surface area contributed by atoms with Gasteiger partial charge >= 0.3 is 29.6 Å². The van der Waals surface area contributed by atoms with Crippen molar-refractivity contribution < 1.29 is 14.2 Å². The maximum absolute atomic E-state index is 5.23. The van der Waals surface area contributed by atoms with Gasteiger partial charge in [-0.1, -0.05) is 0 Å². The molecular formula is C6H11NaO3. The van der Waals surface area contributed by atoms with E-state index in [0.29, 0.717) is 12.2 Å². The van der Waals surface area contributed by atoms with Crippen molar-refractivity contribution in [2.75, 3.05) is 26.4 Å². The Hall–Kier alpha value is 0.880. The molecule has 2 heterocycles. The van der Waals surface area contributed by atoms with E-state index in [0.717, 1.165) is 26.4 Å². The van der Waals surface area contributed by atoms with Crippen molar-refractivity contribution in [3.8, 4) is 0 Å². The second kappa shape index (κ2) is 4.04. The molecule has 0 spiro atoms. The van der Waals surface area contributed by atoms with Gasteiger partial charge in [0.1, 0.15) is 12.2 Å². The molecule has 2 rings (SSSR count). The predicted molar refractivity (Wildman–Crippen MR) is 37.4 cm³/mol. The van der Waals surface area contributed by atoms with Crippen LogP contribution in [0.2, 0.25) is 0 Å². The van der Waals surface area contributed by atoms with E-state index < -0.39 is 0 Å². The Balaban J connectivity index is 0.000000500. The molecule has 2 unspecified atom stereocenters. The first kappa shape index (κ1) is 8.97. The van der Waals surface area contributed by atoms with Gasteiger partial charge in [0.25, 0.3) is 0 Å². The van der Waals surface area contributed by atoms with Gasteiger partial charge in [-0.25, -0.2) is 0 Å². The standard InChI is InChI=1S/C6H10O3.Na.H/c1(5-3-8-5)7-2-6-4-9-6;;/h5-6H,1-4H2;;. The molecule has 0 aromatic heterocycles. The van der Waals surface area contributed by atoms with Gasteiger partial charge in [0, 0.05) is 0 Å². The molecule has 10 heavy (non-hydrogen) atoms. The quantitative estimate of drug-likeness (QED) is 0.391. The van der Waals surface area contributed by atoms with Gasteiger partial charge in [0.15, 0.2) is 0 Å². The van der Waals surface area contributed by atoms with Crippen LogP contribution >= 0.6 is 0 Å². The van der Waals surface area contributed by atoms with Crippen LogP contribution in [0.3, 0.4) is 0 Å².